The monoisotopic (exact) mass is 359 g/mol. The fourth-order valence-electron chi connectivity index (χ4n) is 3.97. The van der Waals surface area contributed by atoms with E-state index in [0.29, 0.717) is 24.0 Å². The Morgan fingerprint density at radius 3 is 2.28 bits per heavy atom. The number of hydrogen-bond donors (Lipinski definition) is 1. The fourth-order valence-corrected chi connectivity index (χ4v) is 5.48. The van der Waals surface area contributed by atoms with Crippen molar-refractivity contribution in [1.82, 2.24) is 14.5 Å². The highest BCUT2D eigenvalue weighted by Gasteiger charge is 2.32. The molecule has 0 spiro atoms. The molecule has 2 fully saturated rings. The number of rotatable bonds is 3. The van der Waals surface area contributed by atoms with Gasteiger partial charge in [-0.15, -0.1) is 0 Å². The highest BCUT2D eigenvalue weighted by Crippen LogP contribution is 2.25. The fraction of sp³-hybridized carbons (Fsp3) is 0.474. The van der Waals surface area contributed by atoms with Crippen LogP contribution in [0.15, 0.2) is 47.4 Å². The molecule has 0 radical (unpaired) electrons. The second kappa shape index (κ2) is 7.03. The van der Waals surface area contributed by atoms with Crippen molar-refractivity contribution >= 4 is 20.8 Å². The molecule has 2 saturated heterocycles. The van der Waals surface area contributed by atoms with Crippen molar-refractivity contribution in [2.75, 3.05) is 39.3 Å². The van der Waals surface area contributed by atoms with Gasteiger partial charge < -0.3 is 5.32 Å². The minimum absolute atomic E-state index is 0.409. The van der Waals surface area contributed by atoms with Crippen molar-refractivity contribution in [3.05, 3.63) is 42.5 Å². The molecule has 0 aromatic heterocycles. The van der Waals surface area contributed by atoms with Gasteiger partial charge in [0.05, 0.1) is 4.90 Å². The Balaban J connectivity index is 1.48. The minimum atomic E-state index is -3.41. The summed E-state index contributed by atoms with van der Waals surface area (Å²) in [4.78, 5) is 2.92. The van der Waals surface area contributed by atoms with Crippen LogP contribution < -0.4 is 5.32 Å². The average Bonchev–Trinajstić information content (AvgIpc) is 2.68. The second-order valence-electron chi connectivity index (χ2n) is 6.93. The molecule has 134 valence electrons. The number of fused-ring (bicyclic) bond motifs is 1. The molecule has 0 saturated carbocycles. The number of nitrogens with one attached hydrogen (secondary N) is 1. The summed E-state index contributed by atoms with van der Waals surface area (Å²) in [7, 11) is -3.41. The Morgan fingerprint density at radius 1 is 0.880 bits per heavy atom. The van der Waals surface area contributed by atoms with Gasteiger partial charge >= 0.3 is 0 Å². The third-order valence-electron chi connectivity index (χ3n) is 5.45. The molecule has 2 aromatic carbocycles. The summed E-state index contributed by atoms with van der Waals surface area (Å²) in [6, 6.07) is 13.8. The maximum absolute atomic E-state index is 13.0. The second-order valence-corrected chi connectivity index (χ2v) is 8.87. The molecule has 0 unspecified atom stereocenters. The average molecular weight is 359 g/mol. The highest BCUT2D eigenvalue weighted by molar-refractivity contribution is 7.89. The van der Waals surface area contributed by atoms with Crippen LogP contribution in [0.5, 0.6) is 0 Å². The zero-order valence-electron chi connectivity index (χ0n) is 14.4. The van der Waals surface area contributed by atoms with E-state index in [1.165, 1.54) is 0 Å². The summed E-state index contributed by atoms with van der Waals surface area (Å²) in [5.41, 5.74) is 0. The molecule has 0 atom stereocenters. The zero-order valence-corrected chi connectivity index (χ0v) is 15.2. The lowest BCUT2D eigenvalue weighted by Crippen LogP contribution is -2.52. The number of hydrogen-bond acceptors (Lipinski definition) is 4. The maximum Gasteiger partial charge on any atom is 0.243 e. The lowest BCUT2D eigenvalue weighted by atomic mass is 10.0. The minimum Gasteiger partial charge on any atom is -0.314 e. The summed E-state index contributed by atoms with van der Waals surface area (Å²) in [6.45, 7) is 5.45. The third-order valence-corrected chi connectivity index (χ3v) is 7.34. The van der Waals surface area contributed by atoms with Crippen molar-refractivity contribution < 1.29 is 8.42 Å². The Labute approximate surface area is 149 Å². The van der Waals surface area contributed by atoms with E-state index in [4.69, 9.17) is 0 Å². The van der Waals surface area contributed by atoms with Gasteiger partial charge in [-0.2, -0.15) is 4.31 Å². The SMILES string of the molecule is O=S(=O)(c1ccc2ccccc2c1)N1CCC(N2CCNCC2)CC1. The maximum atomic E-state index is 13.0. The van der Waals surface area contributed by atoms with Crippen molar-refractivity contribution in [1.29, 1.82) is 0 Å². The van der Waals surface area contributed by atoms with E-state index in [2.05, 4.69) is 10.2 Å². The van der Waals surface area contributed by atoms with Gasteiger partial charge in [0.2, 0.25) is 10.0 Å². The van der Waals surface area contributed by atoms with Crippen LogP contribution in [-0.4, -0.2) is 62.9 Å². The molecular formula is C19H25N3O2S. The van der Waals surface area contributed by atoms with Gasteiger partial charge in [0, 0.05) is 45.3 Å². The third kappa shape index (κ3) is 3.44. The van der Waals surface area contributed by atoms with Gasteiger partial charge in [0.15, 0.2) is 0 Å². The van der Waals surface area contributed by atoms with Crippen LogP contribution in [0.3, 0.4) is 0 Å². The van der Waals surface area contributed by atoms with E-state index in [1.54, 1.807) is 16.4 Å². The summed E-state index contributed by atoms with van der Waals surface area (Å²) in [6.07, 6.45) is 1.85. The van der Waals surface area contributed by atoms with Crippen LogP contribution >= 0.6 is 0 Å². The molecule has 0 aliphatic carbocycles. The number of piperidine rings is 1. The van der Waals surface area contributed by atoms with Gasteiger partial charge in [0.1, 0.15) is 0 Å². The van der Waals surface area contributed by atoms with Gasteiger partial charge in [0.25, 0.3) is 0 Å². The van der Waals surface area contributed by atoms with Gasteiger partial charge in [-0.1, -0.05) is 30.3 Å². The smallest absolute Gasteiger partial charge is 0.243 e. The van der Waals surface area contributed by atoms with E-state index in [1.807, 2.05) is 30.3 Å². The van der Waals surface area contributed by atoms with Crippen LogP contribution in [0.2, 0.25) is 0 Å². The van der Waals surface area contributed by atoms with Crippen LogP contribution in [0.4, 0.5) is 0 Å². The van der Waals surface area contributed by atoms with Gasteiger partial charge in [-0.3, -0.25) is 4.90 Å². The summed E-state index contributed by atoms with van der Waals surface area (Å²) in [5.74, 6) is 0. The number of benzene rings is 2. The van der Waals surface area contributed by atoms with Crippen LogP contribution in [-0.2, 0) is 10.0 Å². The van der Waals surface area contributed by atoms with E-state index in [0.717, 1.165) is 49.8 Å². The van der Waals surface area contributed by atoms with Gasteiger partial charge in [-0.25, -0.2) is 8.42 Å². The Kier molecular flexibility index (Phi) is 4.78. The Hall–Kier alpha value is -1.47. The lowest BCUT2D eigenvalue weighted by Gasteiger charge is -2.39. The molecular weight excluding hydrogens is 334 g/mol. The number of piperazine rings is 1. The molecule has 25 heavy (non-hydrogen) atoms. The van der Waals surface area contributed by atoms with Crippen LogP contribution in [0.1, 0.15) is 12.8 Å². The largest absolute Gasteiger partial charge is 0.314 e. The molecule has 2 aliphatic heterocycles. The predicted octanol–water partition coefficient (Wildman–Crippen LogP) is 1.90. The first kappa shape index (κ1) is 17.0. The van der Waals surface area contributed by atoms with E-state index < -0.39 is 10.0 Å². The van der Waals surface area contributed by atoms with Crippen molar-refractivity contribution in [2.45, 2.75) is 23.8 Å². The zero-order chi connectivity index (χ0) is 17.3. The lowest BCUT2D eigenvalue weighted by molar-refractivity contribution is 0.125. The summed E-state index contributed by atoms with van der Waals surface area (Å²) in [5, 5.41) is 5.41. The first-order valence-electron chi connectivity index (χ1n) is 9.08. The summed E-state index contributed by atoms with van der Waals surface area (Å²) >= 11 is 0. The van der Waals surface area contributed by atoms with Gasteiger partial charge in [-0.05, 0) is 35.7 Å². The Morgan fingerprint density at radius 2 is 1.56 bits per heavy atom. The summed E-state index contributed by atoms with van der Waals surface area (Å²) < 4.78 is 27.7. The molecule has 2 heterocycles. The predicted molar refractivity (Wildman–Crippen MR) is 100 cm³/mol. The standard InChI is InChI=1S/C19H25N3O2S/c23-25(24,19-6-5-16-3-1-2-4-17(16)15-19)22-11-7-18(8-12-22)21-13-9-20-10-14-21/h1-6,15,18,20H,7-14H2. The van der Waals surface area contributed by atoms with E-state index in [-0.39, 0.29) is 0 Å². The first-order valence-corrected chi connectivity index (χ1v) is 10.5. The van der Waals surface area contributed by atoms with Crippen molar-refractivity contribution in [2.24, 2.45) is 0 Å². The van der Waals surface area contributed by atoms with E-state index >= 15 is 0 Å². The molecule has 1 N–H and O–H groups in total. The highest BCUT2D eigenvalue weighted by atomic mass is 32.2. The molecule has 5 nitrogen and oxygen atoms in total. The van der Waals surface area contributed by atoms with Crippen molar-refractivity contribution in [3.8, 4) is 0 Å². The molecule has 2 aromatic rings. The molecule has 0 amide bonds. The van der Waals surface area contributed by atoms with Crippen molar-refractivity contribution in [3.63, 3.8) is 0 Å². The topological polar surface area (TPSA) is 52.7 Å². The molecule has 6 heteroatoms. The number of sulfonamides is 1. The normalized spacial score (nSPS) is 21.6. The first-order chi connectivity index (χ1) is 12.1. The van der Waals surface area contributed by atoms with Crippen LogP contribution in [0, 0.1) is 0 Å². The molecule has 0 bridgehead atoms. The number of nitrogens with zero attached hydrogens (tertiary/aromatic N) is 2. The quantitative estimate of drug-likeness (QED) is 0.909. The van der Waals surface area contributed by atoms with E-state index in [9.17, 15) is 8.42 Å². The van der Waals surface area contributed by atoms with Crippen LogP contribution in [0.25, 0.3) is 10.8 Å². The Bertz CT molecular complexity index is 839. The molecule has 2 aliphatic rings. The molecule has 4 rings (SSSR count).